The summed E-state index contributed by atoms with van der Waals surface area (Å²) in [6, 6.07) is 6.25. The van der Waals surface area contributed by atoms with Crippen molar-refractivity contribution in [2.24, 2.45) is 0 Å². The average Bonchev–Trinajstić information content (AvgIpc) is 2.40. The first-order valence-electron chi connectivity index (χ1n) is 5.60. The summed E-state index contributed by atoms with van der Waals surface area (Å²) in [6.07, 6.45) is -1.49. The number of benzene rings is 2. The minimum atomic E-state index is -1.49. The van der Waals surface area contributed by atoms with Crippen molar-refractivity contribution in [1.82, 2.24) is 0 Å². The number of halogens is 4. The fraction of sp³-hybridized carbons (Fsp3) is 0.143. The first-order chi connectivity index (χ1) is 9.43. The van der Waals surface area contributed by atoms with Gasteiger partial charge in [-0.15, -0.1) is 0 Å². The molecular formula is C14H10Cl2F2O2. The molecule has 0 heterocycles. The molecule has 2 nitrogen and oxygen atoms in total. The van der Waals surface area contributed by atoms with Crippen molar-refractivity contribution >= 4 is 23.2 Å². The van der Waals surface area contributed by atoms with Crippen molar-refractivity contribution in [3.05, 3.63) is 63.1 Å². The van der Waals surface area contributed by atoms with Gasteiger partial charge in [0.25, 0.3) is 0 Å². The Hall–Kier alpha value is -1.36. The summed E-state index contributed by atoms with van der Waals surface area (Å²) in [5, 5.41) is 10.6. The summed E-state index contributed by atoms with van der Waals surface area (Å²) in [5.41, 5.74) is -0.230. The van der Waals surface area contributed by atoms with Crippen LogP contribution in [-0.2, 0) is 0 Å². The normalized spacial score (nSPS) is 12.3. The van der Waals surface area contributed by atoms with Crippen LogP contribution in [0.4, 0.5) is 8.78 Å². The number of aliphatic hydroxyl groups is 1. The molecule has 0 saturated heterocycles. The number of aliphatic hydroxyl groups excluding tert-OH is 1. The highest BCUT2D eigenvalue weighted by atomic mass is 35.5. The second kappa shape index (κ2) is 5.95. The molecule has 2 aromatic carbocycles. The summed E-state index contributed by atoms with van der Waals surface area (Å²) in [5.74, 6) is -1.77. The Bertz CT molecular complexity index is 624. The third kappa shape index (κ3) is 2.87. The Morgan fingerprint density at radius 3 is 2.15 bits per heavy atom. The fourth-order valence-electron chi connectivity index (χ4n) is 1.79. The zero-order valence-electron chi connectivity index (χ0n) is 10.3. The van der Waals surface area contributed by atoms with E-state index in [1.54, 1.807) is 0 Å². The lowest BCUT2D eigenvalue weighted by atomic mass is 10.0. The molecule has 2 rings (SSSR count). The van der Waals surface area contributed by atoms with Crippen molar-refractivity contribution in [2.45, 2.75) is 6.10 Å². The Morgan fingerprint density at radius 1 is 1.05 bits per heavy atom. The number of methoxy groups -OCH3 is 1. The van der Waals surface area contributed by atoms with E-state index in [-0.39, 0.29) is 16.3 Å². The zero-order valence-corrected chi connectivity index (χ0v) is 11.8. The molecule has 0 fully saturated rings. The van der Waals surface area contributed by atoms with Gasteiger partial charge in [0.2, 0.25) is 0 Å². The maximum atomic E-state index is 13.9. The molecule has 0 bridgehead atoms. The lowest BCUT2D eigenvalue weighted by Gasteiger charge is -2.15. The van der Waals surface area contributed by atoms with E-state index < -0.39 is 23.3 Å². The monoisotopic (exact) mass is 318 g/mol. The molecule has 1 N–H and O–H groups in total. The molecule has 20 heavy (non-hydrogen) atoms. The van der Waals surface area contributed by atoms with Gasteiger partial charge >= 0.3 is 0 Å². The van der Waals surface area contributed by atoms with Crippen LogP contribution in [0.25, 0.3) is 0 Å². The molecule has 0 spiro atoms. The van der Waals surface area contributed by atoms with Gasteiger partial charge in [0.15, 0.2) is 0 Å². The minimum absolute atomic E-state index is 0.0325. The summed E-state index contributed by atoms with van der Waals surface area (Å²) in [4.78, 5) is 0. The van der Waals surface area contributed by atoms with Crippen LogP contribution < -0.4 is 4.74 Å². The molecule has 0 aliphatic heterocycles. The largest absolute Gasteiger partial charge is 0.497 e. The van der Waals surface area contributed by atoms with E-state index in [4.69, 9.17) is 27.9 Å². The molecule has 0 aliphatic rings. The van der Waals surface area contributed by atoms with Gasteiger partial charge in [0.05, 0.1) is 22.7 Å². The predicted octanol–water partition coefficient (Wildman–Crippen LogP) is 4.36. The summed E-state index contributed by atoms with van der Waals surface area (Å²) in [6.45, 7) is 0. The molecule has 0 radical (unpaired) electrons. The Morgan fingerprint density at radius 2 is 1.65 bits per heavy atom. The van der Waals surface area contributed by atoms with Gasteiger partial charge in [-0.3, -0.25) is 0 Å². The van der Waals surface area contributed by atoms with E-state index in [9.17, 15) is 13.9 Å². The quantitative estimate of drug-likeness (QED) is 0.911. The standard InChI is InChI=1S/C14H10Cl2F2O2/c1-20-8-5-11(17)13(12(18)6-8)14(19)7-2-3-9(15)10(16)4-7/h2-6,14,19H,1H3. The summed E-state index contributed by atoms with van der Waals surface area (Å²) < 4.78 is 32.5. The molecule has 0 aliphatic carbocycles. The van der Waals surface area contributed by atoms with E-state index in [0.717, 1.165) is 12.1 Å². The van der Waals surface area contributed by atoms with Crippen molar-refractivity contribution < 1.29 is 18.6 Å². The van der Waals surface area contributed by atoms with Crippen LogP contribution in [0.15, 0.2) is 30.3 Å². The minimum Gasteiger partial charge on any atom is -0.497 e. The third-order valence-electron chi connectivity index (χ3n) is 2.82. The van der Waals surface area contributed by atoms with Gasteiger partial charge in [0.1, 0.15) is 23.5 Å². The molecular weight excluding hydrogens is 309 g/mol. The van der Waals surface area contributed by atoms with Crippen LogP contribution >= 0.6 is 23.2 Å². The predicted molar refractivity (Wildman–Crippen MR) is 73.4 cm³/mol. The van der Waals surface area contributed by atoms with E-state index in [1.165, 1.54) is 25.3 Å². The molecule has 106 valence electrons. The summed E-state index contributed by atoms with van der Waals surface area (Å²) in [7, 11) is 1.29. The number of hydrogen-bond donors (Lipinski definition) is 1. The third-order valence-corrected chi connectivity index (χ3v) is 3.56. The van der Waals surface area contributed by atoms with Crippen molar-refractivity contribution in [1.29, 1.82) is 0 Å². The SMILES string of the molecule is COc1cc(F)c(C(O)c2ccc(Cl)c(Cl)c2)c(F)c1. The Kier molecular flexibility index (Phi) is 4.48. The second-order valence-corrected chi connectivity index (χ2v) is 4.90. The summed E-state index contributed by atoms with van der Waals surface area (Å²) >= 11 is 11.6. The first kappa shape index (κ1) is 15.0. The maximum absolute atomic E-state index is 13.9. The van der Waals surface area contributed by atoms with Gasteiger partial charge in [0, 0.05) is 12.1 Å². The molecule has 2 aromatic rings. The van der Waals surface area contributed by atoms with E-state index in [2.05, 4.69) is 0 Å². The first-order valence-corrected chi connectivity index (χ1v) is 6.35. The molecule has 0 amide bonds. The van der Waals surface area contributed by atoms with Crippen LogP contribution in [0.1, 0.15) is 17.2 Å². The van der Waals surface area contributed by atoms with E-state index in [1.807, 2.05) is 0 Å². The number of ether oxygens (including phenoxy) is 1. The highest BCUT2D eigenvalue weighted by Crippen LogP contribution is 2.32. The second-order valence-electron chi connectivity index (χ2n) is 4.08. The van der Waals surface area contributed by atoms with Gasteiger partial charge in [-0.1, -0.05) is 29.3 Å². The Balaban J connectivity index is 2.47. The van der Waals surface area contributed by atoms with Crippen molar-refractivity contribution in [2.75, 3.05) is 7.11 Å². The van der Waals surface area contributed by atoms with Crippen molar-refractivity contribution in [3.8, 4) is 5.75 Å². The van der Waals surface area contributed by atoms with Gasteiger partial charge < -0.3 is 9.84 Å². The van der Waals surface area contributed by atoms with Gasteiger partial charge in [-0.25, -0.2) is 8.78 Å². The van der Waals surface area contributed by atoms with Crippen LogP contribution in [0.3, 0.4) is 0 Å². The van der Waals surface area contributed by atoms with Gasteiger partial charge in [-0.2, -0.15) is 0 Å². The number of hydrogen-bond acceptors (Lipinski definition) is 2. The highest BCUT2D eigenvalue weighted by molar-refractivity contribution is 6.42. The van der Waals surface area contributed by atoms with Crippen molar-refractivity contribution in [3.63, 3.8) is 0 Å². The lowest BCUT2D eigenvalue weighted by molar-refractivity contribution is 0.208. The van der Waals surface area contributed by atoms with Gasteiger partial charge in [-0.05, 0) is 17.7 Å². The lowest BCUT2D eigenvalue weighted by Crippen LogP contribution is -2.06. The Labute approximate surface area is 124 Å². The molecule has 1 atom stereocenters. The van der Waals surface area contributed by atoms with Crippen LogP contribution in [0.2, 0.25) is 10.0 Å². The number of rotatable bonds is 3. The van der Waals surface area contributed by atoms with Crippen LogP contribution in [0, 0.1) is 11.6 Å². The topological polar surface area (TPSA) is 29.5 Å². The van der Waals surface area contributed by atoms with Crippen LogP contribution in [-0.4, -0.2) is 12.2 Å². The van der Waals surface area contributed by atoms with Crippen LogP contribution in [0.5, 0.6) is 5.75 Å². The molecule has 6 heteroatoms. The van der Waals surface area contributed by atoms with E-state index >= 15 is 0 Å². The molecule has 0 aromatic heterocycles. The van der Waals surface area contributed by atoms with E-state index in [0.29, 0.717) is 5.02 Å². The maximum Gasteiger partial charge on any atom is 0.135 e. The average molecular weight is 319 g/mol. The highest BCUT2D eigenvalue weighted by Gasteiger charge is 2.21. The molecule has 0 saturated carbocycles. The smallest absolute Gasteiger partial charge is 0.135 e. The fourth-order valence-corrected chi connectivity index (χ4v) is 2.10. The zero-order chi connectivity index (χ0) is 14.9. The molecule has 1 unspecified atom stereocenters.